The van der Waals surface area contributed by atoms with E-state index < -0.39 is 24.9 Å². The third kappa shape index (κ3) is 3.62. The predicted octanol–water partition coefficient (Wildman–Crippen LogP) is 1.91. The van der Waals surface area contributed by atoms with Gasteiger partial charge in [-0.2, -0.15) is 0 Å². The van der Waals surface area contributed by atoms with Gasteiger partial charge in [-0.25, -0.2) is 13.8 Å². The molecule has 0 saturated heterocycles. The topological polar surface area (TPSA) is 86.5 Å². The van der Waals surface area contributed by atoms with Gasteiger partial charge in [0, 0.05) is 10.9 Å². The molecule has 3 rings (SSSR count). The number of hydrogen-bond acceptors (Lipinski definition) is 6. The van der Waals surface area contributed by atoms with Gasteiger partial charge in [0.05, 0.1) is 13.1 Å². The predicted molar refractivity (Wildman–Crippen MR) is 84.9 cm³/mol. The number of nitrogens with two attached hydrogens (primary N) is 1. The van der Waals surface area contributed by atoms with Gasteiger partial charge in [0.1, 0.15) is 23.9 Å². The molecule has 0 atom stereocenters. The molecule has 0 saturated carbocycles. The van der Waals surface area contributed by atoms with Crippen LogP contribution in [0.4, 0.5) is 8.78 Å². The summed E-state index contributed by atoms with van der Waals surface area (Å²) in [6, 6.07) is 5.35. The van der Waals surface area contributed by atoms with Gasteiger partial charge in [-0.3, -0.25) is 4.79 Å². The number of halogens is 2. The second-order valence-electron chi connectivity index (χ2n) is 5.14. The van der Waals surface area contributed by atoms with E-state index in [2.05, 4.69) is 10.3 Å². The van der Waals surface area contributed by atoms with Crippen LogP contribution in [0, 0.1) is 0 Å². The van der Waals surface area contributed by atoms with E-state index in [0.717, 1.165) is 5.56 Å². The van der Waals surface area contributed by atoms with Crippen molar-refractivity contribution in [2.75, 3.05) is 26.3 Å². The van der Waals surface area contributed by atoms with Crippen molar-refractivity contribution in [1.29, 1.82) is 0 Å². The van der Waals surface area contributed by atoms with Crippen molar-refractivity contribution in [2.45, 2.75) is 5.92 Å². The molecule has 1 amide bonds. The smallest absolute Gasteiger partial charge is 0.277 e. The highest BCUT2D eigenvalue weighted by molar-refractivity contribution is 7.13. The Labute approximate surface area is 140 Å². The first-order chi connectivity index (χ1) is 11.5. The summed E-state index contributed by atoms with van der Waals surface area (Å²) < 4.78 is 37.1. The zero-order valence-electron chi connectivity index (χ0n) is 12.6. The van der Waals surface area contributed by atoms with Crippen LogP contribution in [0.15, 0.2) is 23.6 Å². The zero-order valence-corrected chi connectivity index (χ0v) is 13.4. The van der Waals surface area contributed by atoms with Crippen LogP contribution in [-0.2, 0) is 0 Å². The second kappa shape index (κ2) is 6.70. The maximum atomic E-state index is 13.1. The summed E-state index contributed by atoms with van der Waals surface area (Å²) in [7, 11) is 0. The summed E-state index contributed by atoms with van der Waals surface area (Å²) in [5, 5.41) is 4.24. The van der Waals surface area contributed by atoms with Gasteiger partial charge in [-0.15, -0.1) is 11.3 Å². The molecule has 1 aromatic carbocycles. The first kappa shape index (κ1) is 16.6. The van der Waals surface area contributed by atoms with Gasteiger partial charge >= 0.3 is 0 Å². The van der Waals surface area contributed by atoms with E-state index >= 15 is 0 Å². The fourth-order valence-corrected chi connectivity index (χ4v) is 2.86. The average molecular weight is 355 g/mol. The van der Waals surface area contributed by atoms with Crippen molar-refractivity contribution < 1.29 is 23.0 Å². The summed E-state index contributed by atoms with van der Waals surface area (Å²) in [6.45, 7) is -0.676. The lowest BCUT2D eigenvalue weighted by Crippen LogP contribution is -2.41. The van der Waals surface area contributed by atoms with E-state index in [1.54, 1.807) is 18.2 Å². The Morgan fingerprint density at radius 3 is 2.83 bits per heavy atom. The van der Waals surface area contributed by atoms with E-state index in [1.807, 2.05) is 0 Å². The summed E-state index contributed by atoms with van der Waals surface area (Å²) >= 11 is 1.24. The molecule has 6 nitrogen and oxygen atoms in total. The molecule has 2 aromatic rings. The number of ether oxygens (including phenoxy) is 2. The molecule has 24 heavy (non-hydrogen) atoms. The number of nitrogens with zero attached hydrogens (tertiary/aromatic N) is 1. The lowest BCUT2D eigenvalue weighted by atomic mass is 10.2. The van der Waals surface area contributed by atoms with Gasteiger partial charge in [0.25, 0.3) is 11.8 Å². The van der Waals surface area contributed by atoms with E-state index in [0.29, 0.717) is 29.7 Å². The molecule has 0 spiro atoms. The molecule has 2 heterocycles. The molecule has 128 valence electrons. The summed E-state index contributed by atoms with van der Waals surface area (Å²) in [4.78, 5) is 16.1. The monoisotopic (exact) mass is 355 g/mol. The van der Waals surface area contributed by atoms with E-state index in [9.17, 15) is 13.6 Å². The standard InChI is InChI=1S/C15H15F2N3O3S/c16-15(17,7-18)8-19-13(21)10-6-24-14(20-10)9-1-2-11-12(5-9)23-4-3-22-11/h1-2,5-6H,3-4,7-8,18H2,(H,19,21). The molecule has 1 aliphatic rings. The molecular weight excluding hydrogens is 340 g/mol. The Hall–Kier alpha value is -2.26. The number of amides is 1. The molecule has 0 radical (unpaired) electrons. The Balaban J connectivity index is 1.72. The number of aromatic nitrogens is 1. The van der Waals surface area contributed by atoms with Crippen LogP contribution < -0.4 is 20.5 Å². The van der Waals surface area contributed by atoms with Crippen LogP contribution in [0.5, 0.6) is 11.5 Å². The first-order valence-electron chi connectivity index (χ1n) is 7.20. The molecule has 3 N–H and O–H groups in total. The fraction of sp³-hybridized carbons (Fsp3) is 0.333. The summed E-state index contributed by atoms with van der Waals surface area (Å²) in [6.07, 6.45) is 0. The van der Waals surface area contributed by atoms with Crippen LogP contribution in [0.1, 0.15) is 10.5 Å². The minimum Gasteiger partial charge on any atom is -0.486 e. The number of carbonyl (C=O) groups is 1. The van der Waals surface area contributed by atoms with Crippen molar-refractivity contribution in [3.05, 3.63) is 29.3 Å². The van der Waals surface area contributed by atoms with Gasteiger partial charge in [0.2, 0.25) is 0 Å². The molecule has 1 aliphatic heterocycles. The molecule has 0 fully saturated rings. The molecule has 0 unspecified atom stereocenters. The number of alkyl halides is 2. The van der Waals surface area contributed by atoms with Gasteiger partial charge in [-0.05, 0) is 18.2 Å². The Bertz CT molecular complexity index is 751. The molecule has 9 heteroatoms. The van der Waals surface area contributed by atoms with Crippen LogP contribution in [0.2, 0.25) is 0 Å². The Morgan fingerprint density at radius 1 is 1.33 bits per heavy atom. The number of benzene rings is 1. The van der Waals surface area contributed by atoms with E-state index in [1.165, 1.54) is 16.7 Å². The van der Waals surface area contributed by atoms with Crippen molar-refractivity contribution >= 4 is 17.2 Å². The maximum Gasteiger partial charge on any atom is 0.277 e. The number of rotatable bonds is 5. The normalized spacial score (nSPS) is 13.6. The van der Waals surface area contributed by atoms with Crippen molar-refractivity contribution in [3.63, 3.8) is 0 Å². The van der Waals surface area contributed by atoms with Crippen LogP contribution in [0.3, 0.4) is 0 Å². The number of carbonyl (C=O) groups excluding carboxylic acids is 1. The van der Waals surface area contributed by atoms with Crippen LogP contribution in [-0.4, -0.2) is 43.1 Å². The largest absolute Gasteiger partial charge is 0.486 e. The number of hydrogen-bond donors (Lipinski definition) is 2. The number of nitrogens with one attached hydrogen (secondary N) is 1. The van der Waals surface area contributed by atoms with Gasteiger partial charge in [-0.1, -0.05) is 0 Å². The van der Waals surface area contributed by atoms with Crippen LogP contribution >= 0.6 is 11.3 Å². The minimum atomic E-state index is -3.13. The molecule has 1 aromatic heterocycles. The SMILES string of the molecule is NCC(F)(F)CNC(=O)c1csc(-c2ccc3c(c2)OCCO3)n1. The summed E-state index contributed by atoms with van der Waals surface area (Å²) in [5.41, 5.74) is 5.77. The molecule has 0 aliphatic carbocycles. The Morgan fingerprint density at radius 2 is 2.08 bits per heavy atom. The number of fused-ring (bicyclic) bond motifs is 1. The lowest BCUT2D eigenvalue weighted by molar-refractivity contribution is 0.0118. The third-order valence-corrected chi connectivity index (χ3v) is 4.22. The zero-order chi connectivity index (χ0) is 17.2. The minimum absolute atomic E-state index is 0.0812. The van der Waals surface area contributed by atoms with Gasteiger partial charge < -0.3 is 20.5 Å². The van der Waals surface area contributed by atoms with E-state index in [-0.39, 0.29) is 5.69 Å². The van der Waals surface area contributed by atoms with Crippen molar-refractivity contribution in [1.82, 2.24) is 10.3 Å². The highest BCUT2D eigenvalue weighted by atomic mass is 32.1. The summed E-state index contributed by atoms with van der Waals surface area (Å²) in [5.74, 6) is -2.53. The average Bonchev–Trinajstić information content (AvgIpc) is 3.09. The highest BCUT2D eigenvalue weighted by Gasteiger charge is 2.27. The van der Waals surface area contributed by atoms with Crippen LogP contribution in [0.25, 0.3) is 10.6 Å². The van der Waals surface area contributed by atoms with Crippen molar-refractivity contribution in [3.8, 4) is 22.1 Å². The first-order valence-corrected chi connectivity index (χ1v) is 8.08. The highest BCUT2D eigenvalue weighted by Crippen LogP contribution is 2.35. The lowest BCUT2D eigenvalue weighted by Gasteiger charge is -2.18. The Kier molecular flexibility index (Phi) is 4.63. The fourth-order valence-electron chi connectivity index (χ4n) is 2.06. The van der Waals surface area contributed by atoms with Crippen molar-refractivity contribution in [2.24, 2.45) is 5.73 Å². The van der Waals surface area contributed by atoms with Gasteiger partial charge in [0.15, 0.2) is 11.5 Å². The quantitative estimate of drug-likeness (QED) is 0.856. The molecular formula is C15H15F2N3O3S. The second-order valence-corrected chi connectivity index (χ2v) is 6.00. The molecule has 0 bridgehead atoms. The third-order valence-electron chi connectivity index (χ3n) is 3.33. The van der Waals surface area contributed by atoms with E-state index in [4.69, 9.17) is 15.2 Å². The number of thiazole rings is 1. The maximum absolute atomic E-state index is 13.1.